The second-order valence-corrected chi connectivity index (χ2v) is 4.62. The molecule has 80 valence electrons. The molecular weight excluding hydrogens is 216 g/mol. The van der Waals surface area contributed by atoms with E-state index in [0.29, 0.717) is 0 Å². The van der Waals surface area contributed by atoms with Crippen molar-refractivity contribution in [1.29, 1.82) is 5.26 Å². The van der Waals surface area contributed by atoms with E-state index in [4.69, 9.17) is 5.26 Å². The van der Waals surface area contributed by atoms with Crippen LogP contribution < -0.4 is 0 Å². The van der Waals surface area contributed by atoms with Crippen LogP contribution in [0.2, 0.25) is 0 Å². The van der Waals surface area contributed by atoms with Gasteiger partial charge in [-0.25, -0.2) is 4.98 Å². The molecule has 0 radical (unpaired) electrons. The first kappa shape index (κ1) is 10.8. The average molecular weight is 228 g/mol. The SMILES string of the molecule is CCc1nc(C)c(-c2ccccc2C#N)s1. The van der Waals surface area contributed by atoms with Gasteiger partial charge in [-0.05, 0) is 19.4 Å². The molecule has 0 spiro atoms. The molecule has 3 heteroatoms. The molecule has 0 amide bonds. The Bertz CT molecular complexity index is 549. The highest BCUT2D eigenvalue weighted by Gasteiger charge is 2.11. The summed E-state index contributed by atoms with van der Waals surface area (Å²) in [6.07, 6.45) is 0.945. The molecular formula is C13H12N2S. The predicted molar refractivity (Wildman–Crippen MR) is 66.4 cm³/mol. The third-order valence-electron chi connectivity index (χ3n) is 2.44. The van der Waals surface area contributed by atoms with Crippen LogP contribution in [0.15, 0.2) is 24.3 Å². The molecule has 2 nitrogen and oxygen atoms in total. The van der Waals surface area contributed by atoms with Crippen molar-refractivity contribution in [3.63, 3.8) is 0 Å². The van der Waals surface area contributed by atoms with Crippen molar-refractivity contribution in [2.24, 2.45) is 0 Å². The van der Waals surface area contributed by atoms with Gasteiger partial charge < -0.3 is 0 Å². The molecule has 1 aromatic carbocycles. The molecule has 0 bridgehead atoms. The van der Waals surface area contributed by atoms with Crippen LogP contribution in [0.4, 0.5) is 0 Å². The molecule has 0 aliphatic rings. The maximum absolute atomic E-state index is 9.07. The van der Waals surface area contributed by atoms with Gasteiger partial charge in [-0.1, -0.05) is 25.1 Å². The maximum Gasteiger partial charge on any atom is 0.0998 e. The summed E-state index contributed by atoms with van der Waals surface area (Å²) in [5.74, 6) is 0. The Hall–Kier alpha value is -1.66. The molecule has 0 saturated carbocycles. The summed E-state index contributed by atoms with van der Waals surface area (Å²) in [7, 11) is 0. The minimum atomic E-state index is 0.719. The molecule has 2 aromatic rings. The predicted octanol–water partition coefficient (Wildman–Crippen LogP) is 3.55. The van der Waals surface area contributed by atoms with E-state index in [1.165, 1.54) is 0 Å². The second kappa shape index (κ2) is 4.46. The van der Waals surface area contributed by atoms with E-state index >= 15 is 0 Å². The fraction of sp³-hybridized carbons (Fsp3) is 0.231. The molecule has 0 unspecified atom stereocenters. The molecule has 1 aromatic heterocycles. The highest BCUT2D eigenvalue weighted by Crippen LogP contribution is 2.32. The van der Waals surface area contributed by atoms with Gasteiger partial charge in [-0.3, -0.25) is 0 Å². The van der Waals surface area contributed by atoms with Crippen molar-refractivity contribution in [3.05, 3.63) is 40.5 Å². The Balaban J connectivity index is 2.59. The van der Waals surface area contributed by atoms with Gasteiger partial charge in [0.15, 0.2) is 0 Å². The molecule has 2 rings (SSSR count). The summed E-state index contributed by atoms with van der Waals surface area (Å²) in [4.78, 5) is 5.61. The van der Waals surface area contributed by atoms with Crippen LogP contribution in [-0.4, -0.2) is 4.98 Å². The number of rotatable bonds is 2. The first-order valence-corrected chi connectivity index (χ1v) is 6.03. The second-order valence-electron chi connectivity index (χ2n) is 3.53. The average Bonchev–Trinajstić information content (AvgIpc) is 2.70. The number of hydrogen-bond donors (Lipinski definition) is 0. The van der Waals surface area contributed by atoms with E-state index < -0.39 is 0 Å². The third kappa shape index (κ3) is 1.84. The van der Waals surface area contributed by atoms with Gasteiger partial charge in [0, 0.05) is 5.56 Å². The molecule has 0 fully saturated rings. The van der Waals surface area contributed by atoms with E-state index in [0.717, 1.165) is 33.1 Å². The fourth-order valence-electron chi connectivity index (χ4n) is 1.63. The number of hydrogen-bond acceptors (Lipinski definition) is 3. The Kier molecular flexibility index (Phi) is 3.02. The van der Waals surface area contributed by atoms with Crippen LogP contribution in [0.5, 0.6) is 0 Å². The lowest BCUT2D eigenvalue weighted by molar-refractivity contribution is 1.07. The molecule has 0 saturated heterocycles. The van der Waals surface area contributed by atoms with Crippen LogP contribution >= 0.6 is 11.3 Å². The Morgan fingerprint density at radius 1 is 1.38 bits per heavy atom. The van der Waals surface area contributed by atoms with Crippen LogP contribution in [0.25, 0.3) is 10.4 Å². The summed E-state index contributed by atoms with van der Waals surface area (Å²) in [6, 6.07) is 9.91. The summed E-state index contributed by atoms with van der Waals surface area (Å²) >= 11 is 1.68. The minimum absolute atomic E-state index is 0.719. The zero-order valence-electron chi connectivity index (χ0n) is 9.32. The van der Waals surface area contributed by atoms with E-state index in [-0.39, 0.29) is 0 Å². The topological polar surface area (TPSA) is 36.7 Å². The van der Waals surface area contributed by atoms with E-state index in [2.05, 4.69) is 18.0 Å². The van der Waals surface area contributed by atoms with Crippen molar-refractivity contribution >= 4 is 11.3 Å². The molecule has 0 N–H and O–H groups in total. The van der Waals surface area contributed by atoms with Crippen molar-refractivity contribution < 1.29 is 0 Å². The lowest BCUT2D eigenvalue weighted by atomic mass is 10.1. The minimum Gasteiger partial charge on any atom is -0.246 e. The zero-order chi connectivity index (χ0) is 11.5. The normalized spacial score (nSPS) is 10.1. The number of nitrogens with zero attached hydrogens (tertiary/aromatic N) is 2. The number of nitriles is 1. The van der Waals surface area contributed by atoms with Gasteiger partial charge in [-0.15, -0.1) is 11.3 Å². The fourth-order valence-corrected chi connectivity index (χ4v) is 2.68. The monoisotopic (exact) mass is 228 g/mol. The Morgan fingerprint density at radius 2 is 2.12 bits per heavy atom. The van der Waals surface area contributed by atoms with Crippen LogP contribution in [0.3, 0.4) is 0 Å². The van der Waals surface area contributed by atoms with Gasteiger partial charge in [0.05, 0.1) is 27.2 Å². The summed E-state index contributed by atoms with van der Waals surface area (Å²) in [5, 5.41) is 10.2. The summed E-state index contributed by atoms with van der Waals surface area (Å²) in [5.41, 5.74) is 2.74. The van der Waals surface area contributed by atoms with Gasteiger partial charge >= 0.3 is 0 Å². The van der Waals surface area contributed by atoms with Crippen LogP contribution in [0, 0.1) is 18.3 Å². The quantitative estimate of drug-likeness (QED) is 0.788. The number of aryl methyl sites for hydroxylation is 2. The number of benzene rings is 1. The van der Waals surface area contributed by atoms with Gasteiger partial charge in [0.2, 0.25) is 0 Å². The van der Waals surface area contributed by atoms with E-state index in [9.17, 15) is 0 Å². The highest BCUT2D eigenvalue weighted by molar-refractivity contribution is 7.15. The zero-order valence-corrected chi connectivity index (χ0v) is 10.1. The maximum atomic E-state index is 9.07. The lowest BCUT2D eigenvalue weighted by Crippen LogP contribution is -1.83. The van der Waals surface area contributed by atoms with Gasteiger partial charge in [-0.2, -0.15) is 5.26 Å². The van der Waals surface area contributed by atoms with Crippen LogP contribution in [0.1, 0.15) is 23.2 Å². The summed E-state index contributed by atoms with van der Waals surface area (Å²) < 4.78 is 0. The molecule has 16 heavy (non-hydrogen) atoms. The highest BCUT2D eigenvalue weighted by atomic mass is 32.1. The largest absolute Gasteiger partial charge is 0.246 e. The van der Waals surface area contributed by atoms with Crippen molar-refractivity contribution in [3.8, 4) is 16.5 Å². The van der Waals surface area contributed by atoms with E-state index in [1.54, 1.807) is 11.3 Å². The van der Waals surface area contributed by atoms with E-state index in [1.807, 2.05) is 31.2 Å². The van der Waals surface area contributed by atoms with Crippen molar-refractivity contribution in [1.82, 2.24) is 4.98 Å². The first-order chi connectivity index (χ1) is 7.76. The molecule has 1 heterocycles. The number of aromatic nitrogens is 1. The van der Waals surface area contributed by atoms with Crippen molar-refractivity contribution in [2.45, 2.75) is 20.3 Å². The van der Waals surface area contributed by atoms with Crippen LogP contribution in [-0.2, 0) is 6.42 Å². The standard InChI is InChI=1S/C13H12N2S/c1-3-12-15-9(2)13(16-12)11-7-5-4-6-10(11)8-14/h4-7H,3H2,1-2H3. The smallest absolute Gasteiger partial charge is 0.0998 e. The molecule has 0 aliphatic carbocycles. The van der Waals surface area contributed by atoms with Crippen molar-refractivity contribution in [2.75, 3.05) is 0 Å². The third-order valence-corrected chi connectivity index (χ3v) is 3.77. The Labute approximate surface area is 99.2 Å². The van der Waals surface area contributed by atoms with Gasteiger partial charge in [0.25, 0.3) is 0 Å². The first-order valence-electron chi connectivity index (χ1n) is 5.22. The van der Waals surface area contributed by atoms with Gasteiger partial charge in [0.1, 0.15) is 0 Å². The lowest BCUT2D eigenvalue weighted by Gasteiger charge is -2.00. The Morgan fingerprint density at radius 3 is 2.75 bits per heavy atom. The molecule has 0 atom stereocenters. The molecule has 0 aliphatic heterocycles. The summed E-state index contributed by atoms with van der Waals surface area (Å²) in [6.45, 7) is 4.09. The number of thiazole rings is 1.